The van der Waals surface area contributed by atoms with Crippen molar-refractivity contribution in [3.8, 4) is 0 Å². The van der Waals surface area contributed by atoms with Gasteiger partial charge in [0, 0.05) is 34.5 Å². The maximum absolute atomic E-state index is 11.9. The lowest BCUT2D eigenvalue weighted by Gasteiger charge is -2.18. The number of benzene rings is 1. The zero-order valence-electron chi connectivity index (χ0n) is 11.0. The first-order chi connectivity index (χ1) is 9.74. The van der Waals surface area contributed by atoms with E-state index in [4.69, 9.17) is 4.74 Å². The third-order valence-corrected chi connectivity index (χ3v) is 3.48. The molecule has 1 aromatic carbocycles. The molecule has 6 nitrogen and oxygen atoms in total. The quantitative estimate of drug-likeness (QED) is 0.783. The molecule has 2 saturated heterocycles. The lowest BCUT2D eigenvalue weighted by atomic mass is 10.2. The molecule has 1 aromatic rings. The van der Waals surface area contributed by atoms with Gasteiger partial charge in [-0.3, -0.25) is 14.5 Å². The Labute approximate surface area is 120 Å². The summed E-state index contributed by atoms with van der Waals surface area (Å²) < 4.78 is 5.36. The van der Waals surface area contributed by atoms with Crippen molar-refractivity contribution in [3.63, 3.8) is 0 Å². The van der Waals surface area contributed by atoms with Gasteiger partial charge < -0.3 is 15.4 Å². The van der Waals surface area contributed by atoms with Crippen LogP contribution in [0, 0.1) is 0 Å². The minimum Gasteiger partial charge on any atom is -0.351 e. The van der Waals surface area contributed by atoms with Gasteiger partial charge in [0.2, 0.25) is 5.91 Å². The second-order valence-electron chi connectivity index (χ2n) is 4.92. The standard InChI is InChI=1S/C14H17N3O3.2H2/c18-11-6-8-17(14-13(16-11)20-14)9-7-15-12(19)10-4-2-1-3-5-10;;/h1-5,13-14H,6-9H2,(H,15,19)(H,16,18);2*1H. The van der Waals surface area contributed by atoms with Crippen molar-refractivity contribution in [2.45, 2.75) is 18.9 Å². The van der Waals surface area contributed by atoms with Crippen LogP contribution in [-0.2, 0) is 9.53 Å². The molecule has 2 atom stereocenters. The van der Waals surface area contributed by atoms with E-state index in [-0.39, 0.29) is 27.1 Å². The van der Waals surface area contributed by atoms with Gasteiger partial charge in [0.05, 0.1) is 0 Å². The van der Waals surface area contributed by atoms with Crippen LogP contribution in [0.2, 0.25) is 0 Å². The van der Waals surface area contributed by atoms with Gasteiger partial charge in [-0.15, -0.1) is 0 Å². The van der Waals surface area contributed by atoms with E-state index in [0.717, 1.165) is 0 Å². The summed E-state index contributed by atoms with van der Waals surface area (Å²) in [5.74, 6) is -0.0591. The van der Waals surface area contributed by atoms with Crippen LogP contribution in [0.4, 0.5) is 0 Å². The van der Waals surface area contributed by atoms with Crippen LogP contribution in [-0.4, -0.2) is 48.8 Å². The van der Waals surface area contributed by atoms with Crippen molar-refractivity contribution in [3.05, 3.63) is 35.9 Å². The Morgan fingerprint density at radius 1 is 1.45 bits per heavy atom. The summed E-state index contributed by atoms with van der Waals surface area (Å²) in [6, 6.07) is 9.11. The molecule has 2 amide bonds. The molecule has 0 aliphatic carbocycles. The smallest absolute Gasteiger partial charge is 0.251 e. The van der Waals surface area contributed by atoms with E-state index in [1.165, 1.54) is 0 Å². The largest absolute Gasteiger partial charge is 0.351 e. The molecule has 2 aliphatic rings. The number of epoxide rings is 1. The number of carbonyl (C=O) groups is 2. The highest BCUT2D eigenvalue weighted by atomic mass is 16.6. The normalized spacial score (nSPS) is 25.3. The van der Waals surface area contributed by atoms with Crippen molar-refractivity contribution in [1.82, 2.24) is 15.5 Å². The minimum absolute atomic E-state index is 0. The van der Waals surface area contributed by atoms with Gasteiger partial charge >= 0.3 is 0 Å². The van der Waals surface area contributed by atoms with E-state index in [1.54, 1.807) is 12.1 Å². The van der Waals surface area contributed by atoms with Crippen LogP contribution in [0.3, 0.4) is 0 Å². The van der Waals surface area contributed by atoms with E-state index in [2.05, 4.69) is 15.5 Å². The van der Waals surface area contributed by atoms with E-state index in [0.29, 0.717) is 31.6 Å². The van der Waals surface area contributed by atoms with E-state index in [1.807, 2.05) is 18.2 Å². The van der Waals surface area contributed by atoms with Crippen molar-refractivity contribution >= 4 is 11.8 Å². The molecule has 2 heterocycles. The van der Waals surface area contributed by atoms with Crippen molar-refractivity contribution in [2.24, 2.45) is 0 Å². The number of carbonyl (C=O) groups excluding carboxylic acids is 2. The third-order valence-electron chi connectivity index (χ3n) is 3.48. The van der Waals surface area contributed by atoms with Gasteiger partial charge in [-0.2, -0.15) is 0 Å². The second kappa shape index (κ2) is 5.60. The fourth-order valence-corrected chi connectivity index (χ4v) is 2.33. The number of amides is 2. The van der Waals surface area contributed by atoms with Crippen LogP contribution in [0.25, 0.3) is 0 Å². The first-order valence-electron chi connectivity index (χ1n) is 6.76. The Morgan fingerprint density at radius 2 is 2.25 bits per heavy atom. The highest BCUT2D eigenvalue weighted by Gasteiger charge is 2.46. The first kappa shape index (κ1) is 13.1. The lowest BCUT2D eigenvalue weighted by molar-refractivity contribution is -0.121. The maximum Gasteiger partial charge on any atom is 0.251 e. The SMILES string of the molecule is O=C1CCN(CCNC(=O)c2ccccc2)C2OC2N1.[HH].[HH]. The zero-order chi connectivity index (χ0) is 13.9. The van der Waals surface area contributed by atoms with E-state index < -0.39 is 0 Å². The summed E-state index contributed by atoms with van der Waals surface area (Å²) in [6.45, 7) is 1.87. The number of rotatable bonds is 4. The molecule has 2 N–H and O–H groups in total. The first-order valence-corrected chi connectivity index (χ1v) is 6.76. The molecule has 2 fully saturated rings. The molecule has 110 valence electrons. The van der Waals surface area contributed by atoms with Gasteiger partial charge in [-0.05, 0) is 12.1 Å². The molecule has 0 aromatic heterocycles. The molecule has 0 spiro atoms. The van der Waals surface area contributed by atoms with E-state index in [9.17, 15) is 9.59 Å². The molecule has 3 rings (SSSR count). The molecule has 2 aliphatic heterocycles. The van der Waals surface area contributed by atoms with E-state index >= 15 is 0 Å². The average molecular weight is 279 g/mol. The minimum atomic E-state index is -0.171. The fourth-order valence-electron chi connectivity index (χ4n) is 2.33. The van der Waals surface area contributed by atoms with Crippen LogP contribution in [0.15, 0.2) is 30.3 Å². The van der Waals surface area contributed by atoms with Gasteiger partial charge in [-0.25, -0.2) is 0 Å². The fraction of sp³-hybridized carbons (Fsp3) is 0.429. The second-order valence-corrected chi connectivity index (χ2v) is 4.92. The average Bonchev–Trinajstić information content (AvgIpc) is 3.22. The van der Waals surface area contributed by atoms with Gasteiger partial charge in [0.25, 0.3) is 5.91 Å². The molecule has 2 unspecified atom stereocenters. The van der Waals surface area contributed by atoms with Crippen molar-refractivity contribution < 1.29 is 17.2 Å². The highest BCUT2D eigenvalue weighted by Crippen LogP contribution is 2.25. The topological polar surface area (TPSA) is 74.0 Å². The molecule has 6 heteroatoms. The highest BCUT2D eigenvalue weighted by molar-refractivity contribution is 5.94. The summed E-state index contributed by atoms with van der Waals surface area (Å²) in [6.07, 6.45) is 0.271. The summed E-state index contributed by atoms with van der Waals surface area (Å²) in [5.41, 5.74) is 0.653. The maximum atomic E-state index is 11.9. The molecular formula is C14H21N3O3. The zero-order valence-corrected chi connectivity index (χ0v) is 11.0. The number of nitrogens with zero attached hydrogens (tertiary/aromatic N) is 1. The number of nitrogens with one attached hydrogen (secondary N) is 2. The van der Waals surface area contributed by atoms with Crippen LogP contribution >= 0.6 is 0 Å². The molecular weight excluding hydrogens is 258 g/mol. The number of ether oxygens (including phenoxy) is 1. The Balaban J connectivity index is 0.00000121. The summed E-state index contributed by atoms with van der Waals surface area (Å²) in [5, 5.41) is 5.66. The molecule has 0 bridgehead atoms. The monoisotopic (exact) mass is 279 g/mol. The lowest BCUT2D eigenvalue weighted by Crippen LogP contribution is -2.37. The number of hydrogen-bond donors (Lipinski definition) is 2. The van der Waals surface area contributed by atoms with Gasteiger partial charge in [0.15, 0.2) is 12.5 Å². The Kier molecular flexibility index (Phi) is 3.66. The third kappa shape index (κ3) is 2.97. The van der Waals surface area contributed by atoms with Gasteiger partial charge in [0.1, 0.15) is 0 Å². The summed E-state index contributed by atoms with van der Waals surface area (Å²) in [4.78, 5) is 25.3. The van der Waals surface area contributed by atoms with Crippen molar-refractivity contribution in [2.75, 3.05) is 19.6 Å². The number of fused-ring (bicyclic) bond motifs is 1. The number of hydrogen-bond acceptors (Lipinski definition) is 4. The Morgan fingerprint density at radius 3 is 3.05 bits per heavy atom. The summed E-state index contributed by atoms with van der Waals surface area (Å²) in [7, 11) is 0. The van der Waals surface area contributed by atoms with Gasteiger partial charge in [-0.1, -0.05) is 18.2 Å². The Bertz CT molecular complexity index is 515. The van der Waals surface area contributed by atoms with Crippen molar-refractivity contribution in [1.29, 1.82) is 0 Å². The molecule has 20 heavy (non-hydrogen) atoms. The van der Waals surface area contributed by atoms with Crippen LogP contribution in [0.5, 0.6) is 0 Å². The molecule has 0 saturated carbocycles. The molecule has 0 radical (unpaired) electrons. The van der Waals surface area contributed by atoms with Crippen LogP contribution in [0.1, 0.15) is 19.6 Å². The van der Waals surface area contributed by atoms with Crippen LogP contribution < -0.4 is 10.6 Å². The predicted molar refractivity (Wildman–Crippen MR) is 76.0 cm³/mol. The predicted octanol–water partition coefficient (Wildman–Crippen LogP) is 0.413. The summed E-state index contributed by atoms with van der Waals surface area (Å²) >= 11 is 0. The Hall–Kier alpha value is -1.92.